The topological polar surface area (TPSA) is 53.7 Å². The summed E-state index contributed by atoms with van der Waals surface area (Å²) in [5, 5.41) is 0. The molecule has 0 spiro atoms. The molecular weight excluding hydrogens is 322 g/mol. The second-order valence-electron chi connectivity index (χ2n) is 4.41. The quantitative estimate of drug-likeness (QED) is 0.873. The van der Waals surface area contributed by atoms with Crippen LogP contribution < -0.4 is 19.9 Å². The summed E-state index contributed by atoms with van der Waals surface area (Å²) in [4.78, 5) is 0. The summed E-state index contributed by atoms with van der Waals surface area (Å²) in [5.74, 6) is 2.18. The van der Waals surface area contributed by atoms with Crippen LogP contribution in [-0.4, -0.2) is 13.2 Å². The first-order chi connectivity index (χ1) is 9.74. The lowest BCUT2D eigenvalue weighted by Gasteiger charge is -2.20. The van der Waals surface area contributed by atoms with Gasteiger partial charge in [0.1, 0.15) is 25.6 Å². The van der Waals surface area contributed by atoms with Gasteiger partial charge in [0.2, 0.25) is 0 Å². The summed E-state index contributed by atoms with van der Waals surface area (Å²) >= 11 is 3.52. The Hall–Kier alpha value is -1.88. The van der Waals surface area contributed by atoms with E-state index in [0.717, 1.165) is 21.5 Å². The van der Waals surface area contributed by atoms with Crippen molar-refractivity contribution in [3.05, 3.63) is 46.4 Å². The molecule has 1 heterocycles. The van der Waals surface area contributed by atoms with Gasteiger partial charge in [-0.25, -0.2) is 0 Å². The van der Waals surface area contributed by atoms with Crippen LogP contribution in [0.15, 0.2) is 40.9 Å². The van der Waals surface area contributed by atoms with Gasteiger partial charge in [-0.1, -0.05) is 28.1 Å². The van der Waals surface area contributed by atoms with E-state index in [4.69, 9.17) is 19.9 Å². The Morgan fingerprint density at radius 3 is 2.55 bits per heavy atom. The predicted molar refractivity (Wildman–Crippen MR) is 80.3 cm³/mol. The molecular formula is C15H14BrNO3. The van der Waals surface area contributed by atoms with E-state index >= 15 is 0 Å². The molecule has 0 unspecified atom stereocenters. The van der Waals surface area contributed by atoms with Gasteiger partial charge in [-0.05, 0) is 24.3 Å². The SMILES string of the molecule is Nc1ccccc1OCc1cc2c(cc1Br)OCCO2. The maximum Gasteiger partial charge on any atom is 0.162 e. The molecule has 0 bridgehead atoms. The molecule has 0 aliphatic carbocycles. The van der Waals surface area contributed by atoms with E-state index in [1.807, 2.05) is 36.4 Å². The van der Waals surface area contributed by atoms with E-state index in [0.29, 0.717) is 31.3 Å². The molecule has 0 fully saturated rings. The van der Waals surface area contributed by atoms with E-state index in [-0.39, 0.29) is 0 Å². The normalized spacial score (nSPS) is 13.1. The average Bonchev–Trinajstić information content (AvgIpc) is 2.46. The minimum Gasteiger partial charge on any atom is -0.487 e. The minimum absolute atomic E-state index is 0.408. The first-order valence-electron chi connectivity index (χ1n) is 6.29. The van der Waals surface area contributed by atoms with Gasteiger partial charge in [0, 0.05) is 10.0 Å². The minimum atomic E-state index is 0.408. The van der Waals surface area contributed by atoms with Gasteiger partial charge in [0.25, 0.3) is 0 Å². The van der Waals surface area contributed by atoms with Crippen molar-refractivity contribution in [1.82, 2.24) is 0 Å². The van der Waals surface area contributed by atoms with Crippen molar-refractivity contribution >= 4 is 21.6 Å². The molecule has 0 amide bonds. The van der Waals surface area contributed by atoms with Crippen molar-refractivity contribution < 1.29 is 14.2 Å². The first-order valence-corrected chi connectivity index (χ1v) is 7.08. The van der Waals surface area contributed by atoms with Gasteiger partial charge in [-0.15, -0.1) is 0 Å². The fraction of sp³-hybridized carbons (Fsp3) is 0.200. The van der Waals surface area contributed by atoms with Crippen molar-refractivity contribution in [2.24, 2.45) is 0 Å². The third-order valence-electron chi connectivity index (χ3n) is 3.01. The maximum absolute atomic E-state index is 5.85. The number of nitrogen functional groups attached to an aromatic ring is 1. The first kappa shape index (κ1) is 13.1. The Balaban J connectivity index is 1.79. The third-order valence-corrected chi connectivity index (χ3v) is 3.75. The number of fused-ring (bicyclic) bond motifs is 1. The number of halogens is 1. The third kappa shape index (κ3) is 2.67. The lowest BCUT2D eigenvalue weighted by molar-refractivity contribution is 0.171. The highest BCUT2D eigenvalue weighted by Gasteiger charge is 2.15. The largest absolute Gasteiger partial charge is 0.487 e. The van der Waals surface area contributed by atoms with Gasteiger partial charge in [0.05, 0.1) is 5.69 Å². The van der Waals surface area contributed by atoms with Crippen LogP contribution in [0.1, 0.15) is 5.56 Å². The Bertz CT molecular complexity index is 631. The molecule has 1 aliphatic heterocycles. The molecule has 0 radical (unpaired) electrons. The Labute approximate surface area is 125 Å². The van der Waals surface area contributed by atoms with Crippen molar-refractivity contribution in [3.8, 4) is 17.2 Å². The van der Waals surface area contributed by atoms with Crippen LogP contribution in [0.2, 0.25) is 0 Å². The molecule has 3 rings (SSSR count). The summed E-state index contributed by atoms with van der Waals surface area (Å²) < 4.78 is 17.8. The van der Waals surface area contributed by atoms with Gasteiger partial charge < -0.3 is 19.9 Å². The van der Waals surface area contributed by atoms with Crippen LogP contribution in [0.5, 0.6) is 17.2 Å². The number of benzene rings is 2. The van der Waals surface area contributed by atoms with E-state index < -0.39 is 0 Å². The molecule has 2 aromatic carbocycles. The number of para-hydroxylation sites is 2. The van der Waals surface area contributed by atoms with Gasteiger partial charge >= 0.3 is 0 Å². The van der Waals surface area contributed by atoms with Crippen LogP contribution in [0.3, 0.4) is 0 Å². The van der Waals surface area contributed by atoms with Crippen LogP contribution >= 0.6 is 15.9 Å². The Morgan fingerprint density at radius 1 is 1.10 bits per heavy atom. The highest BCUT2D eigenvalue weighted by atomic mass is 79.9. The second-order valence-corrected chi connectivity index (χ2v) is 5.27. The van der Waals surface area contributed by atoms with E-state index in [1.165, 1.54) is 0 Å². The monoisotopic (exact) mass is 335 g/mol. The molecule has 0 atom stereocenters. The zero-order valence-corrected chi connectivity index (χ0v) is 12.4. The van der Waals surface area contributed by atoms with E-state index in [9.17, 15) is 0 Å². The molecule has 0 aromatic heterocycles. The fourth-order valence-electron chi connectivity index (χ4n) is 1.98. The molecule has 4 nitrogen and oxygen atoms in total. The zero-order valence-electron chi connectivity index (χ0n) is 10.8. The van der Waals surface area contributed by atoms with Gasteiger partial charge in [-0.3, -0.25) is 0 Å². The smallest absolute Gasteiger partial charge is 0.162 e. The molecule has 1 aliphatic rings. The predicted octanol–water partition coefficient (Wildman–Crippen LogP) is 3.38. The van der Waals surface area contributed by atoms with Gasteiger partial charge in [0.15, 0.2) is 11.5 Å². The summed E-state index contributed by atoms with van der Waals surface area (Å²) in [6, 6.07) is 11.3. The highest BCUT2D eigenvalue weighted by molar-refractivity contribution is 9.10. The summed E-state index contributed by atoms with van der Waals surface area (Å²) in [7, 11) is 0. The van der Waals surface area contributed by atoms with Crippen molar-refractivity contribution in [2.45, 2.75) is 6.61 Å². The summed E-state index contributed by atoms with van der Waals surface area (Å²) in [5.41, 5.74) is 7.46. The number of rotatable bonds is 3. The van der Waals surface area contributed by atoms with E-state index in [1.54, 1.807) is 0 Å². The molecule has 0 saturated carbocycles. The molecule has 20 heavy (non-hydrogen) atoms. The Morgan fingerprint density at radius 2 is 1.80 bits per heavy atom. The van der Waals surface area contributed by atoms with Gasteiger partial charge in [-0.2, -0.15) is 0 Å². The summed E-state index contributed by atoms with van der Waals surface area (Å²) in [6.45, 7) is 1.56. The molecule has 2 aromatic rings. The average molecular weight is 336 g/mol. The van der Waals surface area contributed by atoms with Crippen molar-refractivity contribution in [1.29, 1.82) is 0 Å². The van der Waals surface area contributed by atoms with Crippen LogP contribution in [0.4, 0.5) is 5.69 Å². The number of hydrogen-bond acceptors (Lipinski definition) is 4. The summed E-state index contributed by atoms with van der Waals surface area (Å²) in [6.07, 6.45) is 0. The molecule has 2 N–H and O–H groups in total. The number of anilines is 1. The Kier molecular flexibility index (Phi) is 3.69. The number of nitrogens with two attached hydrogens (primary N) is 1. The van der Waals surface area contributed by atoms with Crippen LogP contribution in [-0.2, 0) is 6.61 Å². The number of hydrogen-bond donors (Lipinski definition) is 1. The molecule has 5 heteroatoms. The molecule has 104 valence electrons. The van der Waals surface area contributed by atoms with Crippen LogP contribution in [0, 0.1) is 0 Å². The fourth-order valence-corrected chi connectivity index (χ4v) is 2.42. The standard InChI is InChI=1S/C15H14BrNO3/c16-11-8-15-14(18-5-6-19-15)7-10(11)9-20-13-4-2-1-3-12(13)17/h1-4,7-8H,5-6,9,17H2. The lowest BCUT2D eigenvalue weighted by atomic mass is 10.2. The highest BCUT2D eigenvalue weighted by Crippen LogP contribution is 2.36. The lowest BCUT2D eigenvalue weighted by Crippen LogP contribution is -2.15. The van der Waals surface area contributed by atoms with Crippen molar-refractivity contribution in [3.63, 3.8) is 0 Å². The number of ether oxygens (including phenoxy) is 3. The maximum atomic E-state index is 5.85. The van der Waals surface area contributed by atoms with Crippen molar-refractivity contribution in [2.75, 3.05) is 18.9 Å². The zero-order chi connectivity index (χ0) is 13.9. The van der Waals surface area contributed by atoms with Crippen LogP contribution in [0.25, 0.3) is 0 Å². The van der Waals surface area contributed by atoms with E-state index in [2.05, 4.69) is 15.9 Å². The second kappa shape index (κ2) is 5.63. The molecule has 0 saturated heterocycles.